The van der Waals surface area contributed by atoms with Gasteiger partial charge in [-0.25, -0.2) is 4.98 Å². The molecule has 2 heterocycles. The molecule has 30 heavy (non-hydrogen) atoms. The van der Waals surface area contributed by atoms with Crippen molar-refractivity contribution >= 4 is 38.3 Å². The van der Waals surface area contributed by atoms with Gasteiger partial charge in [0.2, 0.25) is 0 Å². The molecule has 0 spiro atoms. The molecule has 1 aliphatic rings. The summed E-state index contributed by atoms with van der Waals surface area (Å²) in [5, 5.41) is 6.79. The number of anilines is 2. The molecule has 1 saturated heterocycles. The maximum Gasteiger partial charge on any atom is 0.257 e. The van der Waals surface area contributed by atoms with Crippen molar-refractivity contribution in [2.75, 3.05) is 50.2 Å². The largest absolute Gasteiger partial charge is 0.494 e. The van der Waals surface area contributed by atoms with Gasteiger partial charge in [0.15, 0.2) is 5.13 Å². The standard InChI is InChI=1S/C22H26N4O3S/c1-3-23-14-15-4-6-16(7-5-15)21(27)25-22-24-19-18(28-2)9-8-17(20(19)30-22)26-10-12-29-13-11-26/h4-9,23H,3,10-14H2,1-2H3,(H,24,25,27). The minimum atomic E-state index is -0.170. The van der Waals surface area contributed by atoms with E-state index in [9.17, 15) is 4.79 Å². The topological polar surface area (TPSA) is 75.7 Å². The Kier molecular flexibility index (Phi) is 6.47. The average Bonchev–Trinajstić information content (AvgIpc) is 3.21. The number of hydrogen-bond donors (Lipinski definition) is 2. The third-order valence-electron chi connectivity index (χ3n) is 5.07. The van der Waals surface area contributed by atoms with Crippen LogP contribution in [0, 0.1) is 0 Å². The van der Waals surface area contributed by atoms with E-state index in [1.54, 1.807) is 7.11 Å². The van der Waals surface area contributed by atoms with Crippen LogP contribution in [0.4, 0.5) is 10.8 Å². The molecule has 1 aliphatic heterocycles. The Balaban J connectivity index is 1.57. The van der Waals surface area contributed by atoms with Crippen LogP contribution in [0.2, 0.25) is 0 Å². The molecule has 2 aromatic carbocycles. The number of nitrogens with one attached hydrogen (secondary N) is 2. The van der Waals surface area contributed by atoms with Crippen LogP contribution in [-0.4, -0.2) is 50.8 Å². The van der Waals surface area contributed by atoms with E-state index in [1.807, 2.05) is 30.3 Å². The molecular weight excluding hydrogens is 400 g/mol. The van der Waals surface area contributed by atoms with E-state index < -0.39 is 0 Å². The minimum Gasteiger partial charge on any atom is -0.494 e. The van der Waals surface area contributed by atoms with Crippen LogP contribution in [0.15, 0.2) is 36.4 Å². The molecule has 8 heteroatoms. The third-order valence-corrected chi connectivity index (χ3v) is 6.07. The first-order chi connectivity index (χ1) is 14.7. The summed E-state index contributed by atoms with van der Waals surface area (Å²) >= 11 is 1.47. The van der Waals surface area contributed by atoms with Crippen LogP contribution in [-0.2, 0) is 11.3 Å². The van der Waals surface area contributed by atoms with Crippen LogP contribution in [0.3, 0.4) is 0 Å². The minimum absolute atomic E-state index is 0.170. The van der Waals surface area contributed by atoms with Gasteiger partial charge in [-0.15, -0.1) is 0 Å². The Morgan fingerprint density at radius 3 is 2.67 bits per heavy atom. The third kappa shape index (κ3) is 4.40. The van der Waals surface area contributed by atoms with Crippen molar-refractivity contribution in [2.45, 2.75) is 13.5 Å². The molecule has 0 atom stereocenters. The first-order valence-electron chi connectivity index (χ1n) is 10.1. The second kappa shape index (κ2) is 9.42. The van der Waals surface area contributed by atoms with Gasteiger partial charge in [0.25, 0.3) is 5.91 Å². The second-order valence-corrected chi connectivity index (χ2v) is 8.01. The second-order valence-electron chi connectivity index (χ2n) is 7.01. The molecule has 3 aromatic rings. The number of morpholine rings is 1. The monoisotopic (exact) mass is 426 g/mol. The van der Waals surface area contributed by atoms with Crippen molar-refractivity contribution in [1.82, 2.24) is 10.3 Å². The predicted octanol–water partition coefficient (Wildman–Crippen LogP) is 3.50. The van der Waals surface area contributed by atoms with Gasteiger partial charge < -0.3 is 19.7 Å². The molecule has 0 radical (unpaired) electrons. The van der Waals surface area contributed by atoms with Crippen LogP contribution in [0.25, 0.3) is 10.2 Å². The zero-order valence-corrected chi connectivity index (χ0v) is 18.1. The Hall–Kier alpha value is -2.68. The lowest BCUT2D eigenvalue weighted by Gasteiger charge is -2.29. The quantitative estimate of drug-likeness (QED) is 0.602. The highest BCUT2D eigenvalue weighted by molar-refractivity contribution is 7.23. The van der Waals surface area contributed by atoms with Gasteiger partial charge in [-0.05, 0) is 36.4 Å². The molecule has 1 fully saturated rings. The van der Waals surface area contributed by atoms with E-state index in [1.165, 1.54) is 11.3 Å². The number of benzene rings is 2. The number of thiazole rings is 1. The summed E-state index contributed by atoms with van der Waals surface area (Å²) in [6.07, 6.45) is 0. The number of hydrogen-bond acceptors (Lipinski definition) is 7. The van der Waals surface area contributed by atoms with Gasteiger partial charge in [-0.1, -0.05) is 30.4 Å². The Morgan fingerprint density at radius 2 is 1.97 bits per heavy atom. The van der Waals surface area contributed by atoms with E-state index in [0.717, 1.165) is 47.6 Å². The zero-order valence-electron chi connectivity index (χ0n) is 17.2. The number of nitrogens with zero attached hydrogens (tertiary/aromatic N) is 2. The summed E-state index contributed by atoms with van der Waals surface area (Å²) in [5.74, 6) is 0.530. The van der Waals surface area contributed by atoms with E-state index in [4.69, 9.17) is 9.47 Å². The molecule has 0 unspecified atom stereocenters. The zero-order chi connectivity index (χ0) is 20.9. The smallest absolute Gasteiger partial charge is 0.257 e. The van der Waals surface area contributed by atoms with Gasteiger partial charge in [0.05, 0.1) is 30.7 Å². The van der Waals surface area contributed by atoms with Crippen molar-refractivity contribution in [3.05, 3.63) is 47.5 Å². The summed E-state index contributed by atoms with van der Waals surface area (Å²) in [6.45, 7) is 6.86. The molecule has 1 amide bonds. The van der Waals surface area contributed by atoms with Crippen LogP contribution >= 0.6 is 11.3 Å². The lowest BCUT2D eigenvalue weighted by molar-refractivity contribution is 0.102. The SMILES string of the molecule is CCNCc1ccc(C(=O)Nc2nc3c(OC)ccc(N4CCOCC4)c3s2)cc1. The number of carbonyl (C=O) groups is 1. The molecule has 0 bridgehead atoms. The number of ether oxygens (including phenoxy) is 2. The summed E-state index contributed by atoms with van der Waals surface area (Å²) in [7, 11) is 1.63. The summed E-state index contributed by atoms with van der Waals surface area (Å²) < 4.78 is 12.0. The fourth-order valence-corrected chi connectivity index (χ4v) is 4.47. The van der Waals surface area contributed by atoms with Crippen molar-refractivity contribution in [2.24, 2.45) is 0 Å². The number of rotatable bonds is 7. The highest BCUT2D eigenvalue weighted by Crippen LogP contribution is 2.39. The molecule has 4 rings (SSSR count). The van der Waals surface area contributed by atoms with E-state index in [0.29, 0.717) is 29.7 Å². The maximum absolute atomic E-state index is 12.7. The first-order valence-corrected chi connectivity index (χ1v) is 10.9. The van der Waals surface area contributed by atoms with Crippen molar-refractivity contribution < 1.29 is 14.3 Å². The number of fused-ring (bicyclic) bond motifs is 1. The molecular formula is C22H26N4O3S. The van der Waals surface area contributed by atoms with Crippen LogP contribution in [0.1, 0.15) is 22.8 Å². The van der Waals surface area contributed by atoms with E-state index in [2.05, 4.69) is 33.5 Å². The number of carbonyl (C=O) groups excluding carboxylic acids is 1. The lowest BCUT2D eigenvalue weighted by atomic mass is 10.1. The van der Waals surface area contributed by atoms with Crippen molar-refractivity contribution in [3.8, 4) is 5.75 Å². The van der Waals surface area contributed by atoms with Crippen molar-refractivity contribution in [3.63, 3.8) is 0 Å². The summed E-state index contributed by atoms with van der Waals surface area (Å²) in [5.41, 5.74) is 3.62. The summed E-state index contributed by atoms with van der Waals surface area (Å²) in [6, 6.07) is 11.6. The van der Waals surface area contributed by atoms with Crippen molar-refractivity contribution in [1.29, 1.82) is 0 Å². The van der Waals surface area contributed by atoms with Crippen LogP contribution in [0.5, 0.6) is 5.75 Å². The normalized spacial score (nSPS) is 14.1. The van der Waals surface area contributed by atoms with E-state index >= 15 is 0 Å². The fourth-order valence-electron chi connectivity index (χ4n) is 3.45. The summed E-state index contributed by atoms with van der Waals surface area (Å²) in [4.78, 5) is 19.7. The molecule has 2 N–H and O–H groups in total. The van der Waals surface area contributed by atoms with Crippen LogP contribution < -0.4 is 20.3 Å². The molecule has 0 saturated carbocycles. The average molecular weight is 427 g/mol. The molecule has 1 aromatic heterocycles. The van der Waals surface area contributed by atoms with Gasteiger partial charge >= 0.3 is 0 Å². The Morgan fingerprint density at radius 1 is 1.20 bits per heavy atom. The fraction of sp³-hybridized carbons (Fsp3) is 0.364. The first kappa shape index (κ1) is 20.6. The number of amides is 1. The molecule has 7 nitrogen and oxygen atoms in total. The number of aromatic nitrogens is 1. The molecule has 158 valence electrons. The van der Waals surface area contributed by atoms with Gasteiger partial charge in [-0.3, -0.25) is 10.1 Å². The highest BCUT2D eigenvalue weighted by Gasteiger charge is 2.20. The van der Waals surface area contributed by atoms with E-state index in [-0.39, 0.29) is 5.91 Å². The van der Waals surface area contributed by atoms with Gasteiger partial charge in [0, 0.05) is 25.2 Å². The van der Waals surface area contributed by atoms with Gasteiger partial charge in [0.1, 0.15) is 11.3 Å². The van der Waals surface area contributed by atoms with Gasteiger partial charge in [-0.2, -0.15) is 0 Å². The Labute approximate surface area is 180 Å². The number of methoxy groups -OCH3 is 1. The lowest BCUT2D eigenvalue weighted by Crippen LogP contribution is -2.36. The Bertz CT molecular complexity index is 1010. The molecule has 0 aliphatic carbocycles. The predicted molar refractivity (Wildman–Crippen MR) is 121 cm³/mol. The highest BCUT2D eigenvalue weighted by atomic mass is 32.1. The maximum atomic E-state index is 12.7.